The molecule has 3 saturated carbocycles. The number of carbonyl (C=O) groups is 2. The van der Waals surface area contributed by atoms with E-state index in [2.05, 4.69) is 49.7 Å². The summed E-state index contributed by atoms with van der Waals surface area (Å²) in [6, 6.07) is 10.6. The summed E-state index contributed by atoms with van der Waals surface area (Å²) in [6.07, 6.45) is 10.6. The first-order valence-electron chi connectivity index (χ1n) is 12.6. The van der Waals surface area contributed by atoms with Crippen molar-refractivity contribution < 1.29 is 9.59 Å². The minimum atomic E-state index is -0.0567. The molecule has 3 aliphatic carbocycles. The Hall–Kier alpha value is -2.70. The zero-order valence-electron chi connectivity index (χ0n) is 19.1. The van der Waals surface area contributed by atoms with Gasteiger partial charge in [0, 0.05) is 35.9 Å². The lowest BCUT2D eigenvalue weighted by atomic mass is 9.74. The van der Waals surface area contributed by atoms with Crippen molar-refractivity contribution in [3.05, 3.63) is 48.0 Å². The molecule has 0 radical (unpaired) electrons. The summed E-state index contributed by atoms with van der Waals surface area (Å²) in [7, 11) is 0. The van der Waals surface area contributed by atoms with Gasteiger partial charge in [-0.3, -0.25) is 14.7 Å². The van der Waals surface area contributed by atoms with E-state index < -0.39 is 0 Å². The molecule has 1 aromatic carbocycles. The lowest BCUT2D eigenvalue weighted by molar-refractivity contribution is -0.140. The van der Waals surface area contributed by atoms with Gasteiger partial charge in [0.05, 0.1) is 0 Å². The van der Waals surface area contributed by atoms with Crippen LogP contribution in [0.2, 0.25) is 0 Å². The number of benzene rings is 1. The van der Waals surface area contributed by atoms with Gasteiger partial charge < -0.3 is 10.2 Å². The van der Waals surface area contributed by atoms with E-state index in [9.17, 15) is 9.59 Å². The zero-order chi connectivity index (χ0) is 22.4. The Morgan fingerprint density at radius 3 is 2.70 bits per heavy atom. The number of aromatic amines is 1. The van der Waals surface area contributed by atoms with Gasteiger partial charge in [-0.1, -0.05) is 36.8 Å². The van der Waals surface area contributed by atoms with Crippen LogP contribution in [0.4, 0.5) is 0 Å². The number of amides is 2. The smallest absolute Gasteiger partial charge is 0.226 e. The number of hydrogen-bond acceptors (Lipinski definition) is 4. The minimum absolute atomic E-state index is 0.0189. The van der Waals surface area contributed by atoms with Crippen LogP contribution in [0.3, 0.4) is 0 Å². The van der Waals surface area contributed by atoms with Crippen molar-refractivity contribution in [2.75, 3.05) is 6.54 Å². The Balaban J connectivity index is 1.09. The first-order valence-corrected chi connectivity index (χ1v) is 12.6. The first kappa shape index (κ1) is 20.9. The van der Waals surface area contributed by atoms with Gasteiger partial charge in [-0.05, 0) is 62.8 Å². The molecule has 5 atom stereocenters. The van der Waals surface area contributed by atoms with Crippen molar-refractivity contribution in [3.63, 3.8) is 0 Å². The highest BCUT2D eigenvalue weighted by Crippen LogP contribution is 2.50. The number of rotatable bonds is 6. The molecule has 4 aliphatic rings. The zero-order valence-corrected chi connectivity index (χ0v) is 19.1. The largest absolute Gasteiger partial charge is 0.351 e. The highest BCUT2D eigenvalue weighted by molar-refractivity contribution is 5.84. The molecular weight excluding hydrogens is 414 g/mol. The third-order valence-electron chi connectivity index (χ3n) is 8.72. The molecule has 174 valence electrons. The van der Waals surface area contributed by atoms with Crippen LogP contribution in [0.25, 0.3) is 0 Å². The van der Waals surface area contributed by atoms with Crippen LogP contribution < -0.4 is 5.32 Å². The monoisotopic (exact) mass is 447 g/mol. The van der Waals surface area contributed by atoms with E-state index in [-0.39, 0.29) is 35.2 Å². The van der Waals surface area contributed by atoms with E-state index in [1.807, 2.05) is 6.07 Å². The number of carbonyl (C=O) groups excluding carboxylic acids is 2. The standard InChI is InChI=1S/C26H33N5O2/c32-24(21-9-4-8-20(21)23-27-16-28-30-23)29-19-14-26(10-5-11-26)31(15-19)25(33)22-13-18(22)12-17-6-2-1-3-7-17/h1-3,6-7,16,18-22H,4-5,8-15H2,(H,29,32)(H,27,28,30)/t18?,19?,20-,21+,22?/m0/s1. The number of aromatic nitrogens is 3. The normalized spacial score (nSPS) is 32.0. The van der Waals surface area contributed by atoms with Crippen LogP contribution in [-0.2, 0) is 16.0 Å². The van der Waals surface area contributed by atoms with Crippen LogP contribution >= 0.6 is 0 Å². The van der Waals surface area contributed by atoms with Gasteiger partial charge in [0.15, 0.2) is 0 Å². The van der Waals surface area contributed by atoms with E-state index in [4.69, 9.17) is 0 Å². The summed E-state index contributed by atoms with van der Waals surface area (Å²) < 4.78 is 0. The van der Waals surface area contributed by atoms with Crippen LogP contribution in [0.15, 0.2) is 36.7 Å². The van der Waals surface area contributed by atoms with E-state index in [1.165, 1.54) is 18.3 Å². The molecule has 1 aliphatic heterocycles. The molecule has 1 aromatic heterocycles. The number of hydrogen-bond donors (Lipinski definition) is 2. The average molecular weight is 448 g/mol. The molecule has 7 nitrogen and oxygen atoms in total. The topological polar surface area (TPSA) is 91.0 Å². The molecule has 33 heavy (non-hydrogen) atoms. The Morgan fingerprint density at radius 2 is 1.97 bits per heavy atom. The molecule has 7 heteroatoms. The lowest BCUT2D eigenvalue weighted by Gasteiger charge is -2.45. The molecule has 0 bridgehead atoms. The van der Waals surface area contributed by atoms with Crippen LogP contribution in [0, 0.1) is 17.8 Å². The number of nitrogens with one attached hydrogen (secondary N) is 2. The third kappa shape index (κ3) is 3.85. The maximum absolute atomic E-state index is 13.5. The van der Waals surface area contributed by atoms with Gasteiger partial charge in [-0.2, -0.15) is 5.10 Å². The highest BCUT2D eigenvalue weighted by Gasteiger charge is 2.56. The Labute approximate surface area is 194 Å². The Morgan fingerprint density at radius 1 is 1.12 bits per heavy atom. The fourth-order valence-electron chi connectivity index (χ4n) is 6.72. The molecule has 4 fully saturated rings. The Bertz CT molecular complexity index is 1000. The second-order valence-corrected chi connectivity index (χ2v) is 10.7. The van der Waals surface area contributed by atoms with Crippen molar-refractivity contribution in [1.82, 2.24) is 25.4 Å². The van der Waals surface area contributed by atoms with Crippen LogP contribution in [-0.4, -0.2) is 50.0 Å². The maximum atomic E-state index is 13.5. The SMILES string of the molecule is O=C(NC1CN(C(=O)C2CC2Cc2ccccc2)C2(CCC2)C1)[C@@H]1CCC[C@@H]1c1ncn[nH]1. The van der Waals surface area contributed by atoms with E-state index in [0.717, 1.165) is 57.2 Å². The van der Waals surface area contributed by atoms with E-state index in [0.29, 0.717) is 18.4 Å². The molecule has 2 aromatic rings. The van der Waals surface area contributed by atoms with Gasteiger partial charge >= 0.3 is 0 Å². The summed E-state index contributed by atoms with van der Waals surface area (Å²) in [5.74, 6) is 1.95. The predicted molar refractivity (Wildman–Crippen MR) is 123 cm³/mol. The molecule has 6 rings (SSSR count). The summed E-state index contributed by atoms with van der Waals surface area (Å²) in [6.45, 7) is 0.666. The molecule has 2 heterocycles. The average Bonchev–Trinajstić information content (AvgIpc) is 3.23. The summed E-state index contributed by atoms with van der Waals surface area (Å²) in [4.78, 5) is 33.2. The fraction of sp³-hybridized carbons (Fsp3) is 0.615. The highest BCUT2D eigenvalue weighted by atomic mass is 16.2. The number of nitrogens with zero attached hydrogens (tertiary/aromatic N) is 3. The molecule has 3 unspecified atom stereocenters. The van der Waals surface area contributed by atoms with Gasteiger partial charge in [0.2, 0.25) is 11.8 Å². The third-order valence-corrected chi connectivity index (χ3v) is 8.72. The molecule has 2 N–H and O–H groups in total. The van der Waals surface area contributed by atoms with Gasteiger partial charge in [0.1, 0.15) is 12.2 Å². The Kier molecular flexibility index (Phi) is 5.23. The molecule has 1 spiro atoms. The van der Waals surface area contributed by atoms with Crippen molar-refractivity contribution >= 4 is 11.8 Å². The second-order valence-electron chi connectivity index (χ2n) is 10.7. The van der Waals surface area contributed by atoms with Crippen molar-refractivity contribution in [2.24, 2.45) is 17.8 Å². The van der Waals surface area contributed by atoms with Crippen molar-refractivity contribution in [1.29, 1.82) is 0 Å². The molecule has 1 saturated heterocycles. The van der Waals surface area contributed by atoms with E-state index >= 15 is 0 Å². The van der Waals surface area contributed by atoms with Crippen molar-refractivity contribution in [3.8, 4) is 0 Å². The lowest BCUT2D eigenvalue weighted by Crippen LogP contribution is -2.52. The quantitative estimate of drug-likeness (QED) is 0.711. The predicted octanol–water partition coefficient (Wildman–Crippen LogP) is 3.21. The maximum Gasteiger partial charge on any atom is 0.226 e. The minimum Gasteiger partial charge on any atom is -0.351 e. The van der Waals surface area contributed by atoms with Crippen LogP contribution in [0.5, 0.6) is 0 Å². The summed E-state index contributed by atoms with van der Waals surface area (Å²) >= 11 is 0. The van der Waals surface area contributed by atoms with Crippen LogP contribution in [0.1, 0.15) is 68.7 Å². The molecular formula is C26H33N5O2. The van der Waals surface area contributed by atoms with Gasteiger partial charge in [0.25, 0.3) is 0 Å². The van der Waals surface area contributed by atoms with E-state index in [1.54, 1.807) is 0 Å². The second kappa shape index (κ2) is 8.26. The summed E-state index contributed by atoms with van der Waals surface area (Å²) in [5.41, 5.74) is 1.30. The van der Waals surface area contributed by atoms with Gasteiger partial charge in [-0.15, -0.1) is 0 Å². The summed E-state index contributed by atoms with van der Waals surface area (Å²) in [5, 5.41) is 10.3. The molecule has 2 amide bonds. The fourth-order valence-corrected chi connectivity index (χ4v) is 6.72. The number of H-pyrrole nitrogens is 1. The first-order chi connectivity index (χ1) is 16.1. The van der Waals surface area contributed by atoms with Gasteiger partial charge in [-0.25, -0.2) is 4.98 Å². The van der Waals surface area contributed by atoms with Crippen molar-refractivity contribution in [2.45, 2.75) is 75.3 Å². The number of likely N-dealkylation sites (tertiary alicyclic amines) is 1.